The van der Waals surface area contributed by atoms with E-state index in [0.717, 1.165) is 0 Å². The monoisotopic (exact) mass is 546 g/mol. The van der Waals surface area contributed by atoms with E-state index in [-0.39, 0.29) is 17.1 Å². The topological polar surface area (TPSA) is 121 Å². The van der Waals surface area contributed by atoms with Gasteiger partial charge in [0.15, 0.2) is 0 Å². The molecule has 6 N–H and O–H groups in total. The largest absolute Gasteiger partial charge is 0.325 e. The van der Waals surface area contributed by atoms with Crippen molar-refractivity contribution in [1.29, 1.82) is 0 Å². The van der Waals surface area contributed by atoms with E-state index in [1.807, 2.05) is 0 Å². The Balaban J connectivity index is -0.000000555. The van der Waals surface area contributed by atoms with Crippen molar-refractivity contribution in [2.45, 2.75) is 114 Å². The quantitative estimate of drug-likeness (QED) is 0.0816. The van der Waals surface area contributed by atoms with Gasteiger partial charge in [0.1, 0.15) is 0 Å². The Morgan fingerprint density at radius 1 is 0.483 bits per heavy atom. The van der Waals surface area contributed by atoms with E-state index in [0.29, 0.717) is 0 Å². The molecule has 0 heterocycles. The Hall–Kier alpha value is 1.68. The van der Waals surface area contributed by atoms with Crippen molar-refractivity contribution in [2.24, 2.45) is 0 Å². The van der Waals surface area contributed by atoms with Gasteiger partial charge in [-0.05, 0) is 23.6 Å². The van der Waals surface area contributed by atoms with Gasteiger partial charge >= 0.3 is 144 Å². The molecular formula is C18H44O6P2S2Zn. The van der Waals surface area contributed by atoms with Crippen molar-refractivity contribution >= 4 is 37.1 Å². The van der Waals surface area contributed by atoms with E-state index in [9.17, 15) is 0 Å². The summed E-state index contributed by atoms with van der Waals surface area (Å²) in [5.74, 6) is 0. The SMILES string of the molecule is CCCCCCCC[CH2][Zn][CH2]CCCCCCCC.OP(O)(O)=S.OP(O)(O)=S. The zero-order chi connectivity index (χ0) is 23.0. The van der Waals surface area contributed by atoms with Crippen LogP contribution in [0, 0.1) is 0 Å². The van der Waals surface area contributed by atoms with Crippen LogP contribution in [0.25, 0.3) is 0 Å². The first-order chi connectivity index (χ1) is 13.4. The summed E-state index contributed by atoms with van der Waals surface area (Å²) in [7, 11) is 0. The van der Waals surface area contributed by atoms with Crippen LogP contribution in [-0.2, 0) is 40.7 Å². The van der Waals surface area contributed by atoms with Crippen LogP contribution in [0.3, 0.4) is 0 Å². The predicted octanol–water partition coefficient (Wildman–Crippen LogP) is 5.78. The van der Waals surface area contributed by atoms with Gasteiger partial charge in [-0.25, -0.2) is 0 Å². The first-order valence-electron chi connectivity index (χ1n) is 11.0. The molecule has 29 heavy (non-hydrogen) atoms. The van der Waals surface area contributed by atoms with E-state index in [1.54, 1.807) is 22.9 Å². The van der Waals surface area contributed by atoms with Gasteiger partial charge in [0.25, 0.3) is 0 Å². The van der Waals surface area contributed by atoms with Crippen molar-refractivity contribution in [2.75, 3.05) is 0 Å². The van der Waals surface area contributed by atoms with Crippen molar-refractivity contribution in [3.8, 4) is 0 Å². The Kier molecular flexibility index (Phi) is 31.6. The molecule has 0 aromatic heterocycles. The average molecular weight is 548 g/mol. The molecule has 0 rings (SSSR count). The molecule has 0 spiro atoms. The molecule has 0 atom stereocenters. The molecule has 11 heteroatoms. The molecule has 0 saturated carbocycles. The molecule has 0 aliphatic rings. The maximum absolute atomic E-state index is 7.56. The molecule has 0 bridgehead atoms. The maximum atomic E-state index is 7.56. The van der Waals surface area contributed by atoms with Crippen LogP contribution >= 0.6 is 13.4 Å². The molecule has 0 amide bonds. The zero-order valence-electron chi connectivity index (χ0n) is 18.4. The van der Waals surface area contributed by atoms with Crippen LogP contribution in [0.1, 0.15) is 104 Å². The van der Waals surface area contributed by atoms with Crippen molar-refractivity contribution in [3.63, 3.8) is 0 Å². The van der Waals surface area contributed by atoms with Crippen molar-refractivity contribution < 1.29 is 46.5 Å². The van der Waals surface area contributed by atoms with Crippen molar-refractivity contribution in [1.82, 2.24) is 0 Å². The molecule has 0 saturated heterocycles. The molecule has 176 valence electrons. The molecule has 0 aliphatic heterocycles. The van der Waals surface area contributed by atoms with E-state index >= 15 is 0 Å². The van der Waals surface area contributed by atoms with Crippen LogP contribution in [0.4, 0.5) is 0 Å². The van der Waals surface area contributed by atoms with Gasteiger partial charge in [0.05, 0.1) is 0 Å². The van der Waals surface area contributed by atoms with Crippen LogP contribution in [0.15, 0.2) is 0 Å². The van der Waals surface area contributed by atoms with Gasteiger partial charge in [-0.3, -0.25) is 0 Å². The van der Waals surface area contributed by atoms with Crippen LogP contribution < -0.4 is 0 Å². The third-order valence-corrected chi connectivity index (χ3v) is 8.40. The fourth-order valence-corrected chi connectivity index (χ4v) is 6.51. The van der Waals surface area contributed by atoms with Gasteiger partial charge in [0, 0.05) is 0 Å². The predicted molar refractivity (Wildman–Crippen MR) is 127 cm³/mol. The Labute approximate surface area is 196 Å². The average Bonchev–Trinajstić information content (AvgIpc) is 2.55. The number of hydrogen-bond acceptors (Lipinski definition) is 2. The normalized spacial score (nSPS) is 11.0. The standard InChI is InChI=1S/2C9H19.2H3O3PS.Zn/c2*1-3-5-7-9-8-6-4-2;2*1-4(2,3)5;/h2*1,3-9H2,2H3;2*(H3,1,2,3,5);. The van der Waals surface area contributed by atoms with Gasteiger partial charge < -0.3 is 29.4 Å². The van der Waals surface area contributed by atoms with Gasteiger partial charge in [-0.1, -0.05) is 0 Å². The third kappa shape index (κ3) is 72.7. The summed E-state index contributed by atoms with van der Waals surface area (Å²) in [5, 5.41) is 3.35. The summed E-state index contributed by atoms with van der Waals surface area (Å²) >= 11 is 7.12. The molecular weight excluding hydrogens is 504 g/mol. The molecule has 0 unspecified atom stereocenters. The van der Waals surface area contributed by atoms with E-state index in [4.69, 9.17) is 29.4 Å². The van der Waals surface area contributed by atoms with Crippen LogP contribution in [-0.4, -0.2) is 29.4 Å². The second-order valence-corrected chi connectivity index (χ2v) is 16.8. The van der Waals surface area contributed by atoms with Gasteiger partial charge in [0.2, 0.25) is 0 Å². The fraction of sp³-hybridized carbons (Fsp3) is 1.00. The smallest absolute Gasteiger partial charge is 0.319 e. The molecule has 0 aromatic carbocycles. The summed E-state index contributed by atoms with van der Waals surface area (Å²) in [6, 6.07) is 0. The van der Waals surface area contributed by atoms with Gasteiger partial charge in [-0.15, -0.1) is 0 Å². The number of rotatable bonds is 16. The van der Waals surface area contributed by atoms with E-state index in [1.165, 1.54) is 77.0 Å². The molecule has 0 aromatic rings. The first-order valence-corrected chi connectivity index (χ1v) is 20.5. The minimum absolute atomic E-state index is 0.0847. The Morgan fingerprint density at radius 3 is 0.931 bits per heavy atom. The Bertz CT molecular complexity index is 355. The molecule has 0 fully saturated rings. The minimum Gasteiger partial charge on any atom is -0.325 e. The fourth-order valence-electron chi connectivity index (χ4n) is 2.80. The minimum atomic E-state index is -3.81. The summed E-state index contributed by atoms with van der Waals surface area (Å²) in [6.45, 7) is -3.01. The van der Waals surface area contributed by atoms with E-state index < -0.39 is 13.4 Å². The maximum Gasteiger partial charge on any atom is 0.319 e. The molecule has 6 nitrogen and oxygen atoms in total. The Morgan fingerprint density at radius 2 is 0.690 bits per heavy atom. The summed E-state index contributed by atoms with van der Waals surface area (Å²) in [5.41, 5.74) is 0. The summed E-state index contributed by atoms with van der Waals surface area (Å²) in [6.07, 6.45) is 20.9. The van der Waals surface area contributed by atoms with Crippen molar-refractivity contribution in [3.05, 3.63) is 0 Å². The number of hydrogen-bond donors (Lipinski definition) is 6. The summed E-state index contributed by atoms with van der Waals surface area (Å²) in [4.78, 5) is 45.3. The summed E-state index contributed by atoms with van der Waals surface area (Å²) < 4.78 is 0. The van der Waals surface area contributed by atoms with Crippen LogP contribution in [0.2, 0.25) is 10.0 Å². The molecule has 0 aliphatic carbocycles. The van der Waals surface area contributed by atoms with Gasteiger partial charge in [-0.2, -0.15) is 0 Å². The zero-order valence-corrected chi connectivity index (χ0v) is 24.8. The second kappa shape index (κ2) is 25.9. The second-order valence-electron chi connectivity index (χ2n) is 7.33. The van der Waals surface area contributed by atoms with Crippen LogP contribution in [0.5, 0.6) is 0 Å². The van der Waals surface area contributed by atoms with E-state index in [2.05, 4.69) is 37.5 Å². The third-order valence-electron chi connectivity index (χ3n) is 4.21. The molecule has 0 radical (unpaired) electrons. The first kappa shape index (κ1) is 35.3. The number of unbranched alkanes of at least 4 members (excludes halogenated alkanes) is 12.